The average molecular weight is 288 g/mol. The smallest absolute Gasteiger partial charge is 0.121 e. The van der Waals surface area contributed by atoms with Crippen molar-refractivity contribution in [1.82, 2.24) is 0 Å². The SMILES string of the molecule is CC1=C[C@H](C)[C@@]2(CO)CO[C@@H](c3ccccc3O)[C@@H]1[C@@H]2C. The van der Waals surface area contributed by atoms with Crippen molar-refractivity contribution in [2.24, 2.45) is 23.2 Å². The second-order valence-corrected chi connectivity index (χ2v) is 6.70. The van der Waals surface area contributed by atoms with Crippen LogP contribution in [0, 0.1) is 23.2 Å². The predicted molar refractivity (Wildman–Crippen MR) is 81.9 cm³/mol. The van der Waals surface area contributed by atoms with Crippen molar-refractivity contribution in [3.8, 4) is 5.75 Å². The molecule has 2 bridgehead atoms. The molecule has 1 aromatic carbocycles. The lowest BCUT2D eigenvalue weighted by Gasteiger charge is -2.55. The zero-order valence-electron chi connectivity index (χ0n) is 12.9. The van der Waals surface area contributed by atoms with Gasteiger partial charge in [-0.05, 0) is 24.8 Å². The summed E-state index contributed by atoms with van der Waals surface area (Å²) in [4.78, 5) is 0. The van der Waals surface area contributed by atoms with Crippen LogP contribution < -0.4 is 0 Å². The first-order chi connectivity index (χ1) is 10.0. The predicted octanol–water partition coefficient (Wildman–Crippen LogP) is 3.29. The third-order valence-electron chi connectivity index (χ3n) is 5.79. The Morgan fingerprint density at radius 2 is 2.00 bits per heavy atom. The molecule has 0 amide bonds. The Bertz CT molecular complexity index is 565. The molecule has 1 aliphatic carbocycles. The summed E-state index contributed by atoms with van der Waals surface area (Å²) in [6.45, 7) is 7.19. The number of phenols is 1. The van der Waals surface area contributed by atoms with E-state index in [2.05, 4.69) is 26.8 Å². The van der Waals surface area contributed by atoms with Gasteiger partial charge in [-0.15, -0.1) is 0 Å². The third kappa shape index (κ3) is 2.02. The van der Waals surface area contributed by atoms with Crippen LogP contribution in [-0.4, -0.2) is 23.4 Å². The first-order valence-electron chi connectivity index (χ1n) is 7.70. The average Bonchev–Trinajstić information content (AvgIpc) is 2.46. The molecular weight excluding hydrogens is 264 g/mol. The number of hydrogen-bond donors (Lipinski definition) is 2. The Balaban J connectivity index is 2.06. The van der Waals surface area contributed by atoms with Gasteiger partial charge in [0, 0.05) is 16.9 Å². The molecule has 5 atom stereocenters. The van der Waals surface area contributed by atoms with Crippen LogP contribution >= 0.6 is 0 Å². The van der Waals surface area contributed by atoms with Crippen LogP contribution in [0.4, 0.5) is 0 Å². The van der Waals surface area contributed by atoms with Crippen molar-refractivity contribution in [1.29, 1.82) is 0 Å². The van der Waals surface area contributed by atoms with Gasteiger partial charge in [-0.1, -0.05) is 43.7 Å². The first kappa shape index (κ1) is 14.6. The lowest BCUT2D eigenvalue weighted by molar-refractivity contribution is -0.165. The van der Waals surface area contributed by atoms with Gasteiger partial charge in [0.1, 0.15) is 5.75 Å². The molecule has 1 aliphatic heterocycles. The maximum absolute atomic E-state index is 10.2. The number of aliphatic hydroxyl groups excluding tert-OH is 1. The maximum atomic E-state index is 10.2. The molecule has 0 aromatic heterocycles. The highest BCUT2D eigenvalue weighted by Gasteiger charge is 2.53. The maximum Gasteiger partial charge on any atom is 0.121 e. The van der Waals surface area contributed by atoms with Gasteiger partial charge in [-0.2, -0.15) is 0 Å². The number of aliphatic hydroxyl groups is 1. The molecule has 114 valence electrons. The quantitative estimate of drug-likeness (QED) is 0.821. The summed E-state index contributed by atoms with van der Waals surface area (Å²) < 4.78 is 6.16. The highest BCUT2D eigenvalue weighted by molar-refractivity contribution is 5.37. The number of fused-ring (bicyclic) bond motifs is 2. The van der Waals surface area contributed by atoms with Gasteiger partial charge < -0.3 is 14.9 Å². The summed E-state index contributed by atoms with van der Waals surface area (Å²) >= 11 is 0. The standard InChI is InChI=1S/C18H24O3/c1-11-8-12(2)18(9-19)10-21-17(16(11)13(18)3)14-6-4-5-7-15(14)20/h4-8,12-13,16-17,19-20H,9-10H2,1-3H3/t12-,13-,16-,17-,18+/m0/s1. The fraction of sp³-hybridized carbons (Fsp3) is 0.556. The number of ether oxygens (including phenoxy) is 1. The molecule has 2 N–H and O–H groups in total. The molecule has 21 heavy (non-hydrogen) atoms. The molecule has 3 rings (SSSR count). The van der Waals surface area contributed by atoms with Crippen LogP contribution in [0.5, 0.6) is 5.75 Å². The molecular formula is C18H24O3. The van der Waals surface area contributed by atoms with E-state index in [1.807, 2.05) is 18.2 Å². The van der Waals surface area contributed by atoms with Crippen molar-refractivity contribution in [2.45, 2.75) is 26.9 Å². The Morgan fingerprint density at radius 1 is 1.29 bits per heavy atom. The Hall–Kier alpha value is -1.32. The molecule has 0 saturated carbocycles. The summed E-state index contributed by atoms with van der Waals surface area (Å²) in [5.41, 5.74) is 1.95. The van der Waals surface area contributed by atoms with Gasteiger partial charge in [0.15, 0.2) is 0 Å². The molecule has 0 unspecified atom stereocenters. The minimum absolute atomic E-state index is 0.135. The third-order valence-corrected chi connectivity index (χ3v) is 5.79. The summed E-state index contributed by atoms with van der Waals surface area (Å²) in [7, 11) is 0. The highest BCUT2D eigenvalue weighted by atomic mass is 16.5. The molecule has 1 fully saturated rings. The molecule has 1 heterocycles. The van der Waals surface area contributed by atoms with Crippen LogP contribution in [0.25, 0.3) is 0 Å². The Kier molecular flexibility index (Phi) is 3.58. The highest BCUT2D eigenvalue weighted by Crippen LogP contribution is 2.56. The van der Waals surface area contributed by atoms with Crippen LogP contribution in [0.3, 0.4) is 0 Å². The molecule has 1 saturated heterocycles. The Labute approximate surface area is 126 Å². The minimum Gasteiger partial charge on any atom is -0.508 e. The topological polar surface area (TPSA) is 49.7 Å². The summed E-state index contributed by atoms with van der Waals surface area (Å²) in [6.07, 6.45) is 2.14. The minimum atomic E-state index is -0.203. The summed E-state index contributed by atoms with van der Waals surface area (Å²) in [5.74, 6) is 1.12. The van der Waals surface area contributed by atoms with Gasteiger partial charge in [0.2, 0.25) is 0 Å². The fourth-order valence-electron chi connectivity index (χ4n) is 4.30. The Morgan fingerprint density at radius 3 is 2.67 bits per heavy atom. The molecule has 3 heteroatoms. The van der Waals surface area contributed by atoms with Crippen molar-refractivity contribution in [3.05, 3.63) is 41.5 Å². The lowest BCUT2D eigenvalue weighted by Crippen LogP contribution is -2.53. The van der Waals surface area contributed by atoms with Gasteiger partial charge in [0.25, 0.3) is 0 Å². The van der Waals surface area contributed by atoms with Crippen LogP contribution in [-0.2, 0) is 4.74 Å². The van der Waals surface area contributed by atoms with E-state index in [1.165, 1.54) is 5.57 Å². The van der Waals surface area contributed by atoms with Gasteiger partial charge in [-0.25, -0.2) is 0 Å². The number of hydrogen-bond acceptors (Lipinski definition) is 3. The van der Waals surface area contributed by atoms with Crippen LogP contribution in [0.1, 0.15) is 32.4 Å². The van der Waals surface area contributed by atoms with Crippen molar-refractivity contribution in [2.75, 3.05) is 13.2 Å². The zero-order chi connectivity index (χ0) is 15.2. The van der Waals surface area contributed by atoms with E-state index in [0.29, 0.717) is 18.4 Å². The fourth-order valence-corrected chi connectivity index (χ4v) is 4.30. The monoisotopic (exact) mass is 288 g/mol. The van der Waals surface area contributed by atoms with Crippen LogP contribution in [0.2, 0.25) is 0 Å². The van der Waals surface area contributed by atoms with Crippen molar-refractivity contribution >= 4 is 0 Å². The van der Waals surface area contributed by atoms with Gasteiger partial charge in [0.05, 0.1) is 19.3 Å². The molecule has 2 aliphatic rings. The summed E-state index contributed by atoms with van der Waals surface area (Å²) in [6, 6.07) is 7.40. The van der Waals surface area contributed by atoms with E-state index >= 15 is 0 Å². The van der Waals surface area contributed by atoms with E-state index in [0.717, 1.165) is 5.56 Å². The molecule has 0 radical (unpaired) electrons. The van der Waals surface area contributed by atoms with E-state index in [4.69, 9.17) is 4.74 Å². The van der Waals surface area contributed by atoms with Gasteiger partial charge in [-0.3, -0.25) is 0 Å². The van der Waals surface area contributed by atoms with Crippen LogP contribution in [0.15, 0.2) is 35.9 Å². The second-order valence-electron chi connectivity index (χ2n) is 6.70. The van der Waals surface area contributed by atoms with E-state index in [9.17, 15) is 10.2 Å². The number of rotatable bonds is 2. The van der Waals surface area contributed by atoms with E-state index in [1.54, 1.807) is 6.07 Å². The molecule has 0 spiro atoms. The number of allylic oxidation sites excluding steroid dienone is 1. The van der Waals surface area contributed by atoms with Gasteiger partial charge >= 0.3 is 0 Å². The van der Waals surface area contributed by atoms with E-state index in [-0.39, 0.29) is 29.8 Å². The normalized spacial score (nSPS) is 39.0. The molecule has 1 aromatic rings. The van der Waals surface area contributed by atoms with E-state index < -0.39 is 0 Å². The summed E-state index contributed by atoms with van der Waals surface area (Å²) in [5, 5.41) is 20.1. The lowest BCUT2D eigenvalue weighted by atomic mass is 9.56. The zero-order valence-corrected chi connectivity index (χ0v) is 12.9. The first-order valence-corrected chi connectivity index (χ1v) is 7.70. The number of para-hydroxylation sites is 1. The number of benzene rings is 1. The van der Waals surface area contributed by atoms with Crippen molar-refractivity contribution < 1.29 is 14.9 Å². The second kappa shape index (κ2) is 5.15. The largest absolute Gasteiger partial charge is 0.508 e. The molecule has 3 nitrogen and oxygen atoms in total. The number of aromatic hydroxyl groups is 1. The number of phenolic OH excluding ortho intramolecular Hbond substituents is 1. The van der Waals surface area contributed by atoms with Crippen molar-refractivity contribution in [3.63, 3.8) is 0 Å².